The van der Waals surface area contributed by atoms with Crippen molar-refractivity contribution in [3.8, 4) is 57.7 Å². The van der Waals surface area contributed by atoms with Gasteiger partial charge in [-0.3, -0.25) is 0 Å². The van der Waals surface area contributed by atoms with E-state index in [4.69, 9.17) is 15.0 Å². The number of hydrogen-bond acceptors (Lipinski definition) is 5. The molecule has 0 amide bonds. The van der Waals surface area contributed by atoms with Gasteiger partial charge < -0.3 is 9.13 Å². The lowest BCUT2D eigenvalue weighted by atomic mass is 10.1. The minimum atomic E-state index is -4.54. The number of aryl methyl sites for hydroxylation is 3. The van der Waals surface area contributed by atoms with Gasteiger partial charge in [-0.25, -0.2) is 15.0 Å². The number of aromatic nitrogens is 5. The second-order valence-electron chi connectivity index (χ2n) is 15.3. The molecule has 10 rings (SSSR count). The highest BCUT2D eigenvalue weighted by Crippen LogP contribution is 2.41. The van der Waals surface area contributed by atoms with Gasteiger partial charge in [-0.2, -0.15) is 23.7 Å². The molecule has 0 fully saturated rings. The standard InChI is InChI=1S/C51H32F3N7/c1-29-9-15-42-36(21-29)37-22-30(2)10-16-43(37)60(42)46-18-12-32(27-55)24-40(46)49-57-48(34-7-5-4-6-8-34)58-50(59-49)41-25-33(28-56)13-19-47(41)61-44-17-11-31(3)23-38(44)39-26-35(51(52,53)54)14-20-45(39)61/h4-26H,1-3H3. The fourth-order valence-electron chi connectivity index (χ4n) is 8.38. The summed E-state index contributed by atoms with van der Waals surface area (Å²) in [5.74, 6) is 0.862. The first kappa shape index (κ1) is 37.2. The summed E-state index contributed by atoms with van der Waals surface area (Å²) in [7, 11) is 0. The molecule has 0 N–H and O–H groups in total. The third-order valence-electron chi connectivity index (χ3n) is 11.2. The van der Waals surface area contributed by atoms with E-state index in [0.29, 0.717) is 61.1 Å². The normalized spacial score (nSPS) is 11.7. The van der Waals surface area contributed by atoms with Gasteiger partial charge in [-0.1, -0.05) is 65.2 Å². The van der Waals surface area contributed by atoms with Crippen molar-refractivity contribution in [3.05, 3.63) is 173 Å². The van der Waals surface area contributed by atoms with Crippen molar-refractivity contribution in [1.82, 2.24) is 24.1 Å². The summed E-state index contributed by atoms with van der Waals surface area (Å²) in [5.41, 5.74) is 9.30. The van der Waals surface area contributed by atoms with Gasteiger partial charge >= 0.3 is 6.18 Å². The van der Waals surface area contributed by atoms with Crippen LogP contribution < -0.4 is 0 Å². The van der Waals surface area contributed by atoms with Crippen LogP contribution in [0.3, 0.4) is 0 Å². The number of benzene rings is 7. The molecule has 7 aromatic carbocycles. The molecule has 61 heavy (non-hydrogen) atoms. The van der Waals surface area contributed by atoms with Crippen LogP contribution in [-0.2, 0) is 6.18 Å². The summed E-state index contributed by atoms with van der Waals surface area (Å²) in [6.07, 6.45) is -4.54. The smallest absolute Gasteiger partial charge is 0.308 e. The lowest BCUT2D eigenvalue weighted by Crippen LogP contribution is -2.06. The van der Waals surface area contributed by atoms with Crippen molar-refractivity contribution in [2.75, 3.05) is 0 Å². The summed E-state index contributed by atoms with van der Waals surface area (Å²) in [6, 6.07) is 46.8. The maximum absolute atomic E-state index is 14.1. The first-order valence-electron chi connectivity index (χ1n) is 19.5. The van der Waals surface area contributed by atoms with Crippen LogP contribution >= 0.6 is 0 Å². The van der Waals surface area contributed by atoms with Crippen molar-refractivity contribution in [2.24, 2.45) is 0 Å². The Bertz CT molecular complexity index is 3470. The number of rotatable bonds is 5. The number of fused-ring (bicyclic) bond motifs is 6. The van der Waals surface area contributed by atoms with Crippen LogP contribution in [-0.4, -0.2) is 24.1 Å². The molecule has 0 aliphatic rings. The highest BCUT2D eigenvalue weighted by atomic mass is 19.4. The van der Waals surface area contributed by atoms with E-state index >= 15 is 0 Å². The highest BCUT2D eigenvalue weighted by Gasteiger charge is 2.31. The van der Waals surface area contributed by atoms with E-state index in [-0.39, 0.29) is 11.6 Å². The lowest BCUT2D eigenvalue weighted by molar-refractivity contribution is -0.137. The number of nitrogens with zero attached hydrogens (tertiary/aromatic N) is 7. The van der Waals surface area contributed by atoms with Crippen LogP contribution in [0, 0.1) is 43.4 Å². The topological polar surface area (TPSA) is 96.1 Å². The SMILES string of the molecule is Cc1ccc2c(c1)c1cc(C)ccc1n2-c1ccc(C#N)cc1-c1nc(-c2ccccc2)nc(-c2cc(C#N)ccc2-n2c3ccc(C)cc3c3cc(C(F)(F)F)ccc32)n1. The monoisotopic (exact) mass is 799 g/mol. The molecule has 0 bridgehead atoms. The number of nitriles is 2. The van der Waals surface area contributed by atoms with Crippen molar-refractivity contribution >= 4 is 43.6 Å². The fraction of sp³-hybridized carbons (Fsp3) is 0.0784. The van der Waals surface area contributed by atoms with E-state index in [2.05, 4.69) is 67.0 Å². The number of alkyl halides is 3. The Morgan fingerprint density at radius 1 is 0.459 bits per heavy atom. The van der Waals surface area contributed by atoms with Gasteiger partial charge in [0.2, 0.25) is 0 Å². The zero-order chi connectivity index (χ0) is 42.2. The molecule has 0 spiro atoms. The van der Waals surface area contributed by atoms with E-state index < -0.39 is 11.7 Å². The molecule has 7 nitrogen and oxygen atoms in total. The van der Waals surface area contributed by atoms with Gasteiger partial charge in [-0.05, 0) is 112 Å². The Morgan fingerprint density at radius 2 is 0.869 bits per heavy atom. The molecule has 10 heteroatoms. The summed E-state index contributed by atoms with van der Waals surface area (Å²) < 4.78 is 46.4. The average Bonchev–Trinajstić information content (AvgIpc) is 3.76. The minimum absolute atomic E-state index is 0.228. The molecular weight excluding hydrogens is 768 g/mol. The zero-order valence-corrected chi connectivity index (χ0v) is 33.0. The summed E-state index contributed by atoms with van der Waals surface area (Å²) in [5, 5.41) is 23.7. The largest absolute Gasteiger partial charge is 0.416 e. The summed E-state index contributed by atoms with van der Waals surface area (Å²) in [4.78, 5) is 15.3. The van der Waals surface area contributed by atoms with Crippen LogP contribution in [0.4, 0.5) is 13.2 Å². The quantitative estimate of drug-likeness (QED) is 0.173. The predicted octanol–water partition coefficient (Wildman–Crippen LogP) is 12.8. The molecule has 10 aromatic rings. The summed E-state index contributed by atoms with van der Waals surface area (Å²) in [6.45, 7) is 6.04. The molecule has 292 valence electrons. The van der Waals surface area contributed by atoms with E-state index in [9.17, 15) is 23.7 Å². The Labute approximate surface area is 347 Å². The van der Waals surface area contributed by atoms with Crippen molar-refractivity contribution in [3.63, 3.8) is 0 Å². The molecule has 0 unspecified atom stereocenters. The van der Waals surface area contributed by atoms with Crippen LogP contribution in [0.5, 0.6) is 0 Å². The van der Waals surface area contributed by atoms with Crippen LogP contribution in [0.2, 0.25) is 0 Å². The first-order chi connectivity index (χ1) is 29.5. The molecule has 3 aromatic heterocycles. The second-order valence-corrected chi connectivity index (χ2v) is 15.3. The maximum Gasteiger partial charge on any atom is 0.416 e. The Hall–Kier alpha value is -8.08. The van der Waals surface area contributed by atoms with Crippen LogP contribution in [0.25, 0.3) is 89.2 Å². The molecule has 0 aliphatic heterocycles. The van der Waals surface area contributed by atoms with Gasteiger partial charge in [0.25, 0.3) is 0 Å². The molecule has 0 saturated heterocycles. The van der Waals surface area contributed by atoms with E-state index in [1.54, 1.807) is 30.3 Å². The van der Waals surface area contributed by atoms with Crippen LogP contribution in [0.15, 0.2) is 140 Å². The molecular formula is C51H32F3N7. The van der Waals surface area contributed by atoms with Crippen molar-refractivity contribution in [1.29, 1.82) is 10.5 Å². The minimum Gasteiger partial charge on any atom is -0.308 e. The van der Waals surface area contributed by atoms with E-state index in [1.165, 1.54) is 12.1 Å². The lowest BCUT2D eigenvalue weighted by Gasteiger charge is -2.17. The zero-order valence-electron chi connectivity index (χ0n) is 33.0. The second kappa shape index (κ2) is 14.0. The third-order valence-corrected chi connectivity index (χ3v) is 11.2. The molecule has 3 heterocycles. The third kappa shape index (κ3) is 6.25. The molecule has 0 atom stereocenters. The van der Waals surface area contributed by atoms with Gasteiger partial charge in [0.05, 0.1) is 62.3 Å². The summed E-state index contributed by atoms with van der Waals surface area (Å²) >= 11 is 0. The Balaban J connectivity index is 1.29. The first-order valence-corrected chi connectivity index (χ1v) is 19.5. The molecule has 0 aliphatic carbocycles. The van der Waals surface area contributed by atoms with Crippen LogP contribution in [0.1, 0.15) is 33.4 Å². The maximum atomic E-state index is 14.1. The highest BCUT2D eigenvalue weighted by molar-refractivity contribution is 6.11. The number of hydrogen-bond donors (Lipinski definition) is 0. The Kier molecular flexibility index (Phi) is 8.56. The van der Waals surface area contributed by atoms with Gasteiger partial charge in [0.1, 0.15) is 0 Å². The Morgan fingerprint density at radius 3 is 1.30 bits per heavy atom. The predicted molar refractivity (Wildman–Crippen MR) is 233 cm³/mol. The van der Waals surface area contributed by atoms with Gasteiger partial charge in [0, 0.05) is 38.2 Å². The van der Waals surface area contributed by atoms with E-state index in [0.717, 1.165) is 50.2 Å². The molecule has 0 radical (unpaired) electrons. The molecule has 0 saturated carbocycles. The average molecular weight is 800 g/mol. The number of halogens is 3. The van der Waals surface area contributed by atoms with Gasteiger partial charge in [0.15, 0.2) is 17.5 Å². The fourth-order valence-corrected chi connectivity index (χ4v) is 8.38. The van der Waals surface area contributed by atoms with Crippen molar-refractivity contribution < 1.29 is 13.2 Å². The van der Waals surface area contributed by atoms with Crippen molar-refractivity contribution in [2.45, 2.75) is 26.9 Å². The van der Waals surface area contributed by atoms with Gasteiger partial charge in [-0.15, -0.1) is 0 Å². The van der Waals surface area contributed by atoms with E-state index in [1.807, 2.05) is 66.1 Å².